The molecule has 1 aliphatic rings. The molecule has 2 aromatic rings. The summed E-state index contributed by atoms with van der Waals surface area (Å²) in [5.74, 6) is -0.196. The van der Waals surface area contributed by atoms with Crippen LogP contribution in [-0.2, 0) is 4.79 Å². The van der Waals surface area contributed by atoms with Crippen molar-refractivity contribution in [3.8, 4) is 0 Å². The summed E-state index contributed by atoms with van der Waals surface area (Å²) in [6.07, 6.45) is 0.290. The van der Waals surface area contributed by atoms with Gasteiger partial charge in [-0.2, -0.15) is 0 Å². The van der Waals surface area contributed by atoms with Gasteiger partial charge in [0.25, 0.3) is 5.91 Å². The molecule has 1 heterocycles. The topological polar surface area (TPSA) is 49.4 Å². The fourth-order valence-electron chi connectivity index (χ4n) is 2.58. The lowest BCUT2D eigenvalue weighted by Gasteiger charge is -2.17. The van der Waals surface area contributed by atoms with Crippen molar-refractivity contribution in [2.75, 3.05) is 11.4 Å². The maximum absolute atomic E-state index is 12.3. The van der Waals surface area contributed by atoms with Gasteiger partial charge >= 0.3 is 0 Å². The number of anilines is 1. The molecule has 4 nitrogen and oxygen atoms in total. The van der Waals surface area contributed by atoms with Gasteiger partial charge in [-0.1, -0.05) is 23.7 Å². The number of halogens is 2. The summed E-state index contributed by atoms with van der Waals surface area (Å²) in [7, 11) is 0. The Hall–Kier alpha value is -1.85. The first-order chi connectivity index (χ1) is 11.0. The first-order valence-electron chi connectivity index (χ1n) is 7.16. The molecule has 1 saturated heterocycles. The van der Waals surface area contributed by atoms with Crippen molar-refractivity contribution in [2.45, 2.75) is 12.5 Å². The monoisotopic (exact) mass is 392 g/mol. The van der Waals surface area contributed by atoms with E-state index in [4.69, 9.17) is 11.6 Å². The summed E-state index contributed by atoms with van der Waals surface area (Å²) in [5, 5.41) is 3.54. The van der Waals surface area contributed by atoms with E-state index < -0.39 is 0 Å². The summed E-state index contributed by atoms with van der Waals surface area (Å²) >= 11 is 9.23. The van der Waals surface area contributed by atoms with Gasteiger partial charge < -0.3 is 10.2 Å². The third kappa shape index (κ3) is 3.57. The molecule has 3 rings (SSSR count). The molecule has 2 amide bonds. The molecular formula is C17H14BrClN2O2. The van der Waals surface area contributed by atoms with E-state index in [-0.39, 0.29) is 17.9 Å². The fraction of sp³-hybridized carbons (Fsp3) is 0.176. The number of nitrogens with zero attached hydrogens (tertiary/aromatic N) is 1. The first kappa shape index (κ1) is 16.0. The molecule has 1 aliphatic heterocycles. The lowest BCUT2D eigenvalue weighted by molar-refractivity contribution is -0.117. The highest BCUT2D eigenvalue weighted by Crippen LogP contribution is 2.24. The molecule has 0 spiro atoms. The van der Waals surface area contributed by atoms with Gasteiger partial charge in [0, 0.05) is 28.1 Å². The van der Waals surface area contributed by atoms with Crippen molar-refractivity contribution in [3.05, 3.63) is 63.6 Å². The molecule has 0 aliphatic carbocycles. The highest BCUT2D eigenvalue weighted by molar-refractivity contribution is 9.10. The Morgan fingerprint density at radius 3 is 2.57 bits per heavy atom. The average Bonchev–Trinajstić information content (AvgIpc) is 2.89. The SMILES string of the molecule is O=C(NC1CC(=O)N(c2ccc(Cl)cc2)C1)c1ccccc1Br. The summed E-state index contributed by atoms with van der Waals surface area (Å²) in [6, 6.07) is 14.1. The first-order valence-corrected chi connectivity index (χ1v) is 8.33. The number of rotatable bonds is 3. The number of carbonyl (C=O) groups is 2. The van der Waals surface area contributed by atoms with Crippen LogP contribution >= 0.6 is 27.5 Å². The van der Waals surface area contributed by atoms with Crippen molar-refractivity contribution >= 4 is 45.0 Å². The molecule has 118 valence electrons. The molecule has 1 unspecified atom stereocenters. The van der Waals surface area contributed by atoms with E-state index in [0.717, 1.165) is 10.2 Å². The number of carbonyl (C=O) groups excluding carboxylic acids is 2. The zero-order valence-electron chi connectivity index (χ0n) is 12.1. The van der Waals surface area contributed by atoms with Crippen LogP contribution in [0.1, 0.15) is 16.8 Å². The van der Waals surface area contributed by atoms with E-state index in [9.17, 15) is 9.59 Å². The molecule has 6 heteroatoms. The van der Waals surface area contributed by atoms with Crippen LogP contribution in [0.3, 0.4) is 0 Å². The highest BCUT2D eigenvalue weighted by Gasteiger charge is 2.31. The zero-order chi connectivity index (χ0) is 16.4. The average molecular weight is 394 g/mol. The molecule has 0 saturated carbocycles. The van der Waals surface area contributed by atoms with Crippen LogP contribution in [0.5, 0.6) is 0 Å². The zero-order valence-corrected chi connectivity index (χ0v) is 14.5. The number of hydrogen-bond donors (Lipinski definition) is 1. The normalized spacial score (nSPS) is 17.4. The van der Waals surface area contributed by atoms with Gasteiger partial charge in [-0.3, -0.25) is 9.59 Å². The van der Waals surface area contributed by atoms with Gasteiger partial charge in [0.1, 0.15) is 0 Å². The van der Waals surface area contributed by atoms with Crippen molar-refractivity contribution in [3.63, 3.8) is 0 Å². The van der Waals surface area contributed by atoms with Crippen LogP contribution in [-0.4, -0.2) is 24.4 Å². The van der Waals surface area contributed by atoms with E-state index in [1.807, 2.05) is 12.1 Å². The molecule has 23 heavy (non-hydrogen) atoms. The van der Waals surface area contributed by atoms with E-state index in [1.165, 1.54) is 0 Å². The van der Waals surface area contributed by atoms with Crippen molar-refractivity contribution in [1.82, 2.24) is 5.32 Å². The number of hydrogen-bond acceptors (Lipinski definition) is 2. The summed E-state index contributed by atoms with van der Waals surface area (Å²) in [4.78, 5) is 26.2. The number of benzene rings is 2. The quantitative estimate of drug-likeness (QED) is 0.865. The van der Waals surface area contributed by atoms with Crippen LogP contribution in [0.2, 0.25) is 5.02 Å². The molecule has 1 atom stereocenters. The molecule has 0 radical (unpaired) electrons. The van der Waals surface area contributed by atoms with Gasteiger partial charge in [0.2, 0.25) is 5.91 Å². The molecular weight excluding hydrogens is 380 g/mol. The second kappa shape index (κ2) is 6.72. The smallest absolute Gasteiger partial charge is 0.252 e. The molecule has 1 fully saturated rings. The Balaban J connectivity index is 1.69. The highest BCUT2D eigenvalue weighted by atomic mass is 79.9. The van der Waals surface area contributed by atoms with Crippen LogP contribution in [0.4, 0.5) is 5.69 Å². The van der Waals surface area contributed by atoms with Crippen LogP contribution < -0.4 is 10.2 Å². The predicted molar refractivity (Wildman–Crippen MR) is 93.8 cm³/mol. The molecule has 0 bridgehead atoms. The van der Waals surface area contributed by atoms with Gasteiger partial charge in [-0.05, 0) is 52.3 Å². The minimum atomic E-state index is -0.210. The maximum atomic E-state index is 12.3. The summed E-state index contributed by atoms with van der Waals surface area (Å²) in [6.45, 7) is 0.455. The van der Waals surface area contributed by atoms with Crippen molar-refractivity contribution in [1.29, 1.82) is 0 Å². The third-order valence-electron chi connectivity index (χ3n) is 3.72. The van der Waals surface area contributed by atoms with Gasteiger partial charge in [0.15, 0.2) is 0 Å². The fourth-order valence-corrected chi connectivity index (χ4v) is 3.17. The predicted octanol–water partition coefficient (Wildman–Crippen LogP) is 3.64. The van der Waals surface area contributed by atoms with Crippen LogP contribution in [0.15, 0.2) is 53.0 Å². The number of amides is 2. The minimum Gasteiger partial charge on any atom is -0.347 e. The maximum Gasteiger partial charge on any atom is 0.252 e. The second-order valence-electron chi connectivity index (χ2n) is 5.34. The third-order valence-corrected chi connectivity index (χ3v) is 4.66. The lowest BCUT2D eigenvalue weighted by Crippen LogP contribution is -2.37. The van der Waals surface area contributed by atoms with E-state index in [1.54, 1.807) is 41.3 Å². The Morgan fingerprint density at radius 2 is 1.87 bits per heavy atom. The lowest BCUT2D eigenvalue weighted by atomic mass is 10.2. The van der Waals surface area contributed by atoms with E-state index in [0.29, 0.717) is 23.6 Å². The Kier molecular flexibility index (Phi) is 4.68. The van der Waals surface area contributed by atoms with Gasteiger partial charge in [0.05, 0.1) is 11.6 Å². The molecule has 1 N–H and O–H groups in total. The van der Waals surface area contributed by atoms with Crippen LogP contribution in [0.25, 0.3) is 0 Å². The van der Waals surface area contributed by atoms with Crippen molar-refractivity contribution < 1.29 is 9.59 Å². The molecule has 2 aromatic carbocycles. The van der Waals surface area contributed by atoms with Crippen molar-refractivity contribution in [2.24, 2.45) is 0 Å². The van der Waals surface area contributed by atoms with E-state index in [2.05, 4.69) is 21.2 Å². The summed E-state index contributed by atoms with van der Waals surface area (Å²) < 4.78 is 0.733. The van der Waals surface area contributed by atoms with Gasteiger partial charge in [-0.15, -0.1) is 0 Å². The largest absolute Gasteiger partial charge is 0.347 e. The van der Waals surface area contributed by atoms with E-state index >= 15 is 0 Å². The second-order valence-corrected chi connectivity index (χ2v) is 6.63. The molecule has 0 aromatic heterocycles. The van der Waals surface area contributed by atoms with Crippen LogP contribution in [0, 0.1) is 0 Å². The minimum absolute atomic E-state index is 0.00949. The summed E-state index contributed by atoms with van der Waals surface area (Å²) in [5.41, 5.74) is 1.35. The Morgan fingerprint density at radius 1 is 1.17 bits per heavy atom. The Labute approximate surface area is 147 Å². The Bertz CT molecular complexity index is 749. The standard InChI is InChI=1S/C17H14BrClN2O2/c18-15-4-2-1-3-14(15)17(23)20-12-9-16(22)21(10-12)13-7-5-11(19)6-8-13/h1-8,12H,9-10H2,(H,20,23). The van der Waals surface area contributed by atoms with Gasteiger partial charge in [-0.25, -0.2) is 0 Å². The number of nitrogens with one attached hydrogen (secondary N) is 1.